The van der Waals surface area contributed by atoms with Gasteiger partial charge in [0.25, 0.3) is 0 Å². The second-order valence-electron chi connectivity index (χ2n) is 6.60. The van der Waals surface area contributed by atoms with Gasteiger partial charge in [0.2, 0.25) is 5.91 Å². The number of carbonyl (C=O) groups is 1. The first-order valence-electron chi connectivity index (χ1n) is 8.48. The first kappa shape index (κ1) is 16.0. The molecule has 1 saturated heterocycles. The molecule has 0 unspecified atom stereocenters. The summed E-state index contributed by atoms with van der Waals surface area (Å²) in [6.07, 6.45) is 9.58. The molecule has 1 saturated carbocycles. The zero-order chi connectivity index (χ0) is 16.2. The van der Waals surface area contributed by atoms with E-state index in [2.05, 4.69) is 0 Å². The minimum absolute atomic E-state index is 0.0326. The Kier molecular flexibility index (Phi) is 4.99. The third-order valence-electron chi connectivity index (χ3n) is 5.20. The monoisotopic (exact) mass is 317 g/mol. The standard InChI is InChI=1S/C19H24FNO2/c1-23-18-8-6-14(12-17(18)20)7-9-19(22)21-11-10-15-4-2-3-5-16(15)13-21/h6-9,12,15-16H,2-5,10-11,13H2,1H3/b9-7+/t15-,16+/m0/s1. The molecule has 3 nitrogen and oxygen atoms in total. The maximum Gasteiger partial charge on any atom is 0.246 e. The van der Waals surface area contributed by atoms with Gasteiger partial charge >= 0.3 is 0 Å². The zero-order valence-electron chi connectivity index (χ0n) is 13.6. The predicted molar refractivity (Wildman–Crippen MR) is 88.6 cm³/mol. The van der Waals surface area contributed by atoms with Gasteiger partial charge in [-0.25, -0.2) is 4.39 Å². The number of hydrogen-bond donors (Lipinski definition) is 0. The van der Waals surface area contributed by atoms with Crippen LogP contribution in [0.2, 0.25) is 0 Å². The largest absolute Gasteiger partial charge is 0.494 e. The lowest BCUT2D eigenvalue weighted by Crippen LogP contribution is -2.44. The number of rotatable bonds is 3. The molecule has 2 atom stereocenters. The van der Waals surface area contributed by atoms with Crippen LogP contribution in [-0.2, 0) is 4.79 Å². The highest BCUT2D eigenvalue weighted by Crippen LogP contribution is 2.36. The maximum absolute atomic E-state index is 13.7. The van der Waals surface area contributed by atoms with Crippen molar-refractivity contribution < 1.29 is 13.9 Å². The summed E-state index contributed by atoms with van der Waals surface area (Å²) in [5, 5.41) is 0. The third kappa shape index (κ3) is 3.74. The van der Waals surface area contributed by atoms with Crippen LogP contribution in [0, 0.1) is 17.7 Å². The Balaban J connectivity index is 1.61. The van der Waals surface area contributed by atoms with Crippen molar-refractivity contribution in [3.05, 3.63) is 35.7 Å². The molecular formula is C19H24FNO2. The van der Waals surface area contributed by atoms with Crippen LogP contribution in [0.15, 0.2) is 24.3 Å². The third-order valence-corrected chi connectivity index (χ3v) is 5.20. The molecule has 1 aliphatic carbocycles. The fraction of sp³-hybridized carbons (Fsp3) is 0.526. The van der Waals surface area contributed by atoms with E-state index in [1.165, 1.54) is 38.9 Å². The van der Waals surface area contributed by atoms with Gasteiger partial charge in [0, 0.05) is 19.2 Å². The molecular weight excluding hydrogens is 293 g/mol. The molecule has 23 heavy (non-hydrogen) atoms. The Labute approximate surface area is 137 Å². The topological polar surface area (TPSA) is 29.5 Å². The van der Waals surface area contributed by atoms with Crippen LogP contribution in [-0.4, -0.2) is 31.0 Å². The van der Waals surface area contributed by atoms with Crippen LogP contribution in [0.3, 0.4) is 0 Å². The van der Waals surface area contributed by atoms with Crippen LogP contribution in [0.5, 0.6) is 5.75 Å². The van der Waals surface area contributed by atoms with Gasteiger partial charge in [0.05, 0.1) is 7.11 Å². The number of fused-ring (bicyclic) bond motifs is 1. The fourth-order valence-corrected chi connectivity index (χ4v) is 3.86. The highest BCUT2D eigenvalue weighted by molar-refractivity contribution is 5.91. The lowest BCUT2D eigenvalue weighted by atomic mass is 9.75. The Hall–Kier alpha value is -1.84. The van der Waals surface area contributed by atoms with Crippen LogP contribution in [0.25, 0.3) is 6.08 Å². The van der Waals surface area contributed by atoms with Crippen molar-refractivity contribution in [2.75, 3.05) is 20.2 Å². The number of carbonyl (C=O) groups excluding carboxylic acids is 1. The molecule has 0 N–H and O–H groups in total. The normalized spacial score (nSPS) is 24.5. The van der Waals surface area contributed by atoms with Gasteiger partial charge < -0.3 is 9.64 Å². The summed E-state index contributed by atoms with van der Waals surface area (Å²) in [6, 6.07) is 4.71. The predicted octanol–water partition coefficient (Wildman–Crippen LogP) is 3.89. The van der Waals surface area contributed by atoms with E-state index in [-0.39, 0.29) is 11.7 Å². The minimum atomic E-state index is -0.412. The SMILES string of the molecule is COc1ccc(/C=C/C(=O)N2CC[C@@H]3CCCC[C@@H]3C2)cc1F. The van der Waals surface area contributed by atoms with Crippen molar-refractivity contribution >= 4 is 12.0 Å². The fourth-order valence-electron chi connectivity index (χ4n) is 3.86. The second-order valence-corrected chi connectivity index (χ2v) is 6.60. The Morgan fingerprint density at radius 3 is 2.78 bits per heavy atom. The number of amides is 1. The zero-order valence-corrected chi connectivity index (χ0v) is 13.6. The van der Waals surface area contributed by atoms with E-state index >= 15 is 0 Å². The molecule has 1 amide bonds. The molecule has 2 aliphatic rings. The number of benzene rings is 1. The lowest BCUT2D eigenvalue weighted by molar-refractivity contribution is -0.128. The van der Waals surface area contributed by atoms with Gasteiger partial charge in [-0.2, -0.15) is 0 Å². The molecule has 1 aromatic rings. The summed E-state index contributed by atoms with van der Waals surface area (Å²) >= 11 is 0. The number of ether oxygens (including phenoxy) is 1. The van der Waals surface area contributed by atoms with E-state index in [0.29, 0.717) is 11.5 Å². The average Bonchev–Trinajstić information content (AvgIpc) is 2.59. The van der Waals surface area contributed by atoms with Crippen molar-refractivity contribution in [1.82, 2.24) is 4.90 Å². The van der Waals surface area contributed by atoms with E-state index < -0.39 is 5.82 Å². The molecule has 1 heterocycles. The summed E-state index contributed by atoms with van der Waals surface area (Å²) in [6.45, 7) is 1.73. The highest BCUT2D eigenvalue weighted by Gasteiger charge is 2.32. The number of halogens is 1. The van der Waals surface area contributed by atoms with E-state index in [9.17, 15) is 9.18 Å². The van der Waals surface area contributed by atoms with Crippen molar-refractivity contribution in [3.63, 3.8) is 0 Å². The molecule has 3 rings (SSSR count). The molecule has 0 radical (unpaired) electrons. The summed E-state index contributed by atoms with van der Waals surface area (Å²) < 4.78 is 18.6. The number of piperidine rings is 1. The van der Waals surface area contributed by atoms with Gasteiger partial charge in [0.1, 0.15) is 0 Å². The van der Waals surface area contributed by atoms with Crippen molar-refractivity contribution in [2.24, 2.45) is 11.8 Å². The number of hydrogen-bond acceptors (Lipinski definition) is 2. The van der Waals surface area contributed by atoms with E-state index in [0.717, 1.165) is 25.4 Å². The Morgan fingerprint density at radius 2 is 2.04 bits per heavy atom. The lowest BCUT2D eigenvalue weighted by Gasteiger charge is -2.41. The van der Waals surface area contributed by atoms with Crippen LogP contribution in [0.4, 0.5) is 4.39 Å². The summed E-state index contributed by atoms with van der Waals surface area (Å²) in [5.41, 5.74) is 0.671. The van der Waals surface area contributed by atoms with Crippen molar-refractivity contribution in [1.29, 1.82) is 0 Å². The van der Waals surface area contributed by atoms with Crippen LogP contribution >= 0.6 is 0 Å². The Morgan fingerprint density at radius 1 is 1.26 bits per heavy atom. The minimum Gasteiger partial charge on any atom is -0.494 e. The summed E-state index contributed by atoms with van der Waals surface area (Å²) in [4.78, 5) is 14.3. The molecule has 124 valence electrons. The first-order chi connectivity index (χ1) is 11.2. The van der Waals surface area contributed by atoms with Crippen molar-refractivity contribution in [2.45, 2.75) is 32.1 Å². The smallest absolute Gasteiger partial charge is 0.246 e. The average molecular weight is 317 g/mol. The van der Waals surface area contributed by atoms with Gasteiger partial charge in [-0.1, -0.05) is 25.3 Å². The quantitative estimate of drug-likeness (QED) is 0.792. The molecule has 1 aliphatic heterocycles. The maximum atomic E-state index is 13.7. The van der Waals surface area contributed by atoms with Gasteiger partial charge in [-0.15, -0.1) is 0 Å². The number of likely N-dealkylation sites (tertiary alicyclic amines) is 1. The Bertz CT molecular complexity index is 599. The highest BCUT2D eigenvalue weighted by atomic mass is 19.1. The molecule has 2 fully saturated rings. The molecule has 4 heteroatoms. The summed E-state index contributed by atoms with van der Waals surface area (Å²) in [7, 11) is 1.44. The molecule has 1 aromatic carbocycles. The van der Waals surface area contributed by atoms with E-state index in [1.807, 2.05) is 4.90 Å². The van der Waals surface area contributed by atoms with Gasteiger partial charge in [-0.3, -0.25) is 4.79 Å². The van der Waals surface area contributed by atoms with E-state index in [1.54, 1.807) is 24.3 Å². The van der Waals surface area contributed by atoms with E-state index in [4.69, 9.17) is 4.74 Å². The number of methoxy groups -OCH3 is 1. The van der Waals surface area contributed by atoms with Crippen molar-refractivity contribution in [3.8, 4) is 5.75 Å². The molecule has 0 aromatic heterocycles. The van der Waals surface area contributed by atoms with Gasteiger partial charge in [-0.05, 0) is 48.4 Å². The number of nitrogens with zero attached hydrogens (tertiary/aromatic N) is 1. The van der Waals surface area contributed by atoms with Gasteiger partial charge in [0.15, 0.2) is 11.6 Å². The first-order valence-corrected chi connectivity index (χ1v) is 8.48. The van der Waals surface area contributed by atoms with Crippen LogP contribution in [0.1, 0.15) is 37.7 Å². The molecule has 0 spiro atoms. The van der Waals surface area contributed by atoms with Crippen LogP contribution < -0.4 is 4.74 Å². The summed E-state index contributed by atoms with van der Waals surface area (Å²) in [5.74, 6) is 1.32. The second kappa shape index (κ2) is 7.16. The molecule has 0 bridgehead atoms.